The van der Waals surface area contributed by atoms with Crippen molar-refractivity contribution < 1.29 is 13.2 Å². The largest absolute Gasteiger partial charge is 0.378 e. The smallest absolute Gasteiger partial charge is 0.211 e. The molecule has 0 amide bonds. The van der Waals surface area contributed by atoms with Crippen molar-refractivity contribution in [1.82, 2.24) is 24.2 Å². The van der Waals surface area contributed by atoms with E-state index in [1.54, 1.807) is 15.6 Å². The van der Waals surface area contributed by atoms with Gasteiger partial charge in [0.1, 0.15) is 16.5 Å². The van der Waals surface area contributed by atoms with Crippen molar-refractivity contribution in [3.8, 4) is 11.4 Å². The SMILES string of the molecule is CNc1ncc(-c2nc(N3CCOCC3)c3cc(CN4CCN(S(C)(=O)=O)CC4)sc3n2)cc1C. The van der Waals surface area contributed by atoms with Crippen molar-refractivity contribution in [1.29, 1.82) is 0 Å². The Kier molecular flexibility index (Phi) is 6.91. The van der Waals surface area contributed by atoms with Gasteiger partial charge in [0.15, 0.2) is 5.82 Å². The molecule has 3 aromatic heterocycles. The van der Waals surface area contributed by atoms with Crippen LogP contribution in [-0.2, 0) is 21.3 Å². The molecule has 0 aliphatic carbocycles. The van der Waals surface area contributed by atoms with E-state index in [1.165, 1.54) is 11.1 Å². The molecule has 0 saturated carbocycles. The summed E-state index contributed by atoms with van der Waals surface area (Å²) in [6, 6.07) is 4.27. The lowest BCUT2D eigenvalue weighted by atomic mass is 10.2. The molecule has 2 saturated heterocycles. The van der Waals surface area contributed by atoms with Gasteiger partial charge in [-0.15, -0.1) is 11.3 Å². The molecule has 0 atom stereocenters. The van der Waals surface area contributed by atoms with Gasteiger partial charge in [0.2, 0.25) is 10.0 Å². The van der Waals surface area contributed by atoms with Gasteiger partial charge in [-0.3, -0.25) is 4.90 Å². The molecule has 3 aromatic rings. The summed E-state index contributed by atoms with van der Waals surface area (Å²) in [7, 11) is -1.27. The number of morpholine rings is 1. The maximum absolute atomic E-state index is 11.8. The number of pyridine rings is 1. The van der Waals surface area contributed by atoms with E-state index in [4.69, 9.17) is 14.7 Å². The van der Waals surface area contributed by atoms with E-state index in [1.807, 2.05) is 20.2 Å². The van der Waals surface area contributed by atoms with Crippen LogP contribution in [0.15, 0.2) is 18.3 Å². The van der Waals surface area contributed by atoms with E-state index in [0.717, 1.165) is 65.7 Å². The van der Waals surface area contributed by atoms with Gasteiger partial charge in [0.25, 0.3) is 0 Å². The van der Waals surface area contributed by atoms with E-state index in [0.29, 0.717) is 32.1 Å². The third-order valence-electron chi connectivity index (χ3n) is 6.49. The Hall–Kier alpha value is -2.38. The first kappa shape index (κ1) is 24.3. The summed E-state index contributed by atoms with van der Waals surface area (Å²) in [6.07, 6.45) is 3.10. The number of anilines is 2. The summed E-state index contributed by atoms with van der Waals surface area (Å²) >= 11 is 1.68. The van der Waals surface area contributed by atoms with Gasteiger partial charge in [0, 0.05) is 69.5 Å². The van der Waals surface area contributed by atoms with Crippen LogP contribution in [-0.4, -0.2) is 98.4 Å². The van der Waals surface area contributed by atoms with Gasteiger partial charge in [-0.05, 0) is 24.6 Å². The number of rotatable bonds is 6. The molecule has 2 aliphatic heterocycles. The van der Waals surface area contributed by atoms with Crippen molar-refractivity contribution >= 4 is 43.2 Å². The molecular formula is C23H31N7O3S2. The molecule has 5 rings (SSSR count). The van der Waals surface area contributed by atoms with E-state index in [2.05, 4.69) is 32.2 Å². The molecular weight excluding hydrogens is 486 g/mol. The van der Waals surface area contributed by atoms with Crippen LogP contribution >= 0.6 is 11.3 Å². The van der Waals surface area contributed by atoms with Gasteiger partial charge in [-0.2, -0.15) is 4.31 Å². The molecule has 0 radical (unpaired) electrons. The fraction of sp³-hybridized carbons (Fsp3) is 0.522. The van der Waals surface area contributed by atoms with Crippen molar-refractivity contribution in [2.45, 2.75) is 13.5 Å². The molecule has 12 heteroatoms. The number of nitrogens with zero attached hydrogens (tertiary/aromatic N) is 6. The van der Waals surface area contributed by atoms with Crippen LogP contribution in [0.3, 0.4) is 0 Å². The molecule has 188 valence electrons. The lowest BCUT2D eigenvalue weighted by Gasteiger charge is -2.32. The lowest BCUT2D eigenvalue weighted by molar-refractivity contribution is 0.122. The van der Waals surface area contributed by atoms with Crippen LogP contribution in [0.4, 0.5) is 11.6 Å². The molecule has 5 heterocycles. The summed E-state index contributed by atoms with van der Waals surface area (Å²) in [5.74, 6) is 2.46. The summed E-state index contributed by atoms with van der Waals surface area (Å²) in [5, 5.41) is 4.16. The predicted molar refractivity (Wildman–Crippen MR) is 140 cm³/mol. The number of aromatic nitrogens is 3. The van der Waals surface area contributed by atoms with Crippen molar-refractivity contribution in [3.05, 3.63) is 28.8 Å². The van der Waals surface area contributed by atoms with E-state index >= 15 is 0 Å². The fourth-order valence-electron chi connectivity index (χ4n) is 4.58. The Balaban J connectivity index is 1.46. The molecule has 0 unspecified atom stereocenters. The first-order valence-corrected chi connectivity index (χ1v) is 14.4. The average molecular weight is 518 g/mol. The van der Waals surface area contributed by atoms with Gasteiger partial charge in [0.05, 0.1) is 24.9 Å². The topological polar surface area (TPSA) is 104 Å². The third-order valence-corrected chi connectivity index (χ3v) is 8.80. The Morgan fingerprint density at radius 3 is 2.49 bits per heavy atom. The standard InChI is InChI=1S/C23H31N7O3S2/c1-16-12-17(14-25-20(16)24-2)21-26-22(29-8-10-33-11-9-29)19-13-18(34-23(19)27-21)15-28-4-6-30(7-5-28)35(3,31)32/h12-14H,4-11,15H2,1-3H3,(H,24,25). The lowest BCUT2D eigenvalue weighted by Crippen LogP contribution is -2.47. The monoisotopic (exact) mass is 517 g/mol. The van der Waals surface area contributed by atoms with Crippen molar-refractivity contribution in [2.24, 2.45) is 0 Å². The van der Waals surface area contributed by atoms with Crippen LogP contribution in [0.5, 0.6) is 0 Å². The number of ether oxygens (including phenoxy) is 1. The molecule has 2 fully saturated rings. The summed E-state index contributed by atoms with van der Waals surface area (Å²) < 4.78 is 30.8. The number of nitrogens with one attached hydrogen (secondary N) is 1. The highest BCUT2D eigenvalue weighted by molar-refractivity contribution is 7.88. The number of hydrogen-bond donors (Lipinski definition) is 1. The summed E-state index contributed by atoms with van der Waals surface area (Å²) in [5.41, 5.74) is 1.94. The minimum atomic E-state index is -3.13. The second-order valence-electron chi connectivity index (χ2n) is 8.98. The molecule has 0 bridgehead atoms. The predicted octanol–water partition coefficient (Wildman–Crippen LogP) is 2.02. The first-order chi connectivity index (χ1) is 16.8. The Bertz CT molecular complexity index is 1310. The number of fused-ring (bicyclic) bond motifs is 1. The van der Waals surface area contributed by atoms with E-state index in [-0.39, 0.29) is 0 Å². The van der Waals surface area contributed by atoms with Crippen LogP contribution in [0.1, 0.15) is 10.4 Å². The summed E-state index contributed by atoms with van der Waals surface area (Å²) in [6.45, 7) is 8.24. The number of sulfonamides is 1. The second-order valence-corrected chi connectivity index (χ2v) is 12.1. The minimum absolute atomic E-state index is 0.529. The van der Waals surface area contributed by atoms with Gasteiger partial charge >= 0.3 is 0 Å². The summed E-state index contributed by atoms with van der Waals surface area (Å²) in [4.78, 5) is 21.2. The zero-order valence-electron chi connectivity index (χ0n) is 20.3. The van der Waals surface area contributed by atoms with Gasteiger partial charge < -0.3 is 15.0 Å². The van der Waals surface area contributed by atoms with Crippen LogP contribution in [0, 0.1) is 6.92 Å². The molecule has 1 N–H and O–H groups in total. The van der Waals surface area contributed by atoms with Crippen LogP contribution < -0.4 is 10.2 Å². The molecule has 10 nitrogen and oxygen atoms in total. The zero-order valence-corrected chi connectivity index (χ0v) is 22.0. The number of hydrogen-bond acceptors (Lipinski definition) is 10. The zero-order chi connectivity index (χ0) is 24.6. The average Bonchev–Trinajstić information content (AvgIpc) is 3.26. The molecule has 0 aromatic carbocycles. The highest BCUT2D eigenvalue weighted by Gasteiger charge is 2.25. The number of aryl methyl sites for hydroxylation is 1. The maximum Gasteiger partial charge on any atom is 0.211 e. The quantitative estimate of drug-likeness (QED) is 0.526. The first-order valence-electron chi connectivity index (χ1n) is 11.8. The van der Waals surface area contributed by atoms with Crippen molar-refractivity contribution in [2.75, 3.05) is 76.0 Å². The van der Waals surface area contributed by atoms with E-state index < -0.39 is 10.0 Å². The Labute approximate surface area is 210 Å². The second kappa shape index (κ2) is 9.94. The normalized spacial score (nSPS) is 18.3. The van der Waals surface area contributed by atoms with E-state index in [9.17, 15) is 8.42 Å². The van der Waals surface area contributed by atoms with Crippen LogP contribution in [0.25, 0.3) is 21.6 Å². The number of thiophene rings is 1. The molecule has 0 spiro atoms. The molecule has 35 heavy (non-hydrogen) atoms. The fourth-order valence-corrected chi connectivity index (χ4v) is 6.47. The Morgan fingerprint density at radius 2 is 1.83 bits per heavy atom. The maximum atomic E-state index is 11.8. The third kappa shape index (κ3) is 5.26. The van der Waals surface area contributed by atoms with Gasteiger partial charge in [-0.25, -0.2) is 23.4 Å². The Morgan fingerprint density at radius 1 is 1.09 bits per heavy atom. The minimum Gasteiger partial charge on any atom is -0.378 e. The van der Waals surface area contributed by atoms with Gasteiger partial charge in [-0.1, -0.05) is 0 Å². The highest BCUT2D eigenvalue weighted by Crippen LogP contribution is 2.34. The number of piperazine rings is 1. The highest BCUT2D eigenvalue weighted by atomic mass is 32.2. The molecule has 2 aliphatic rings. The van der Waals surface area contributed by atoms with Crippen LogP contribution in [0.2, 0.25) is 0 Å². The van der Waals surface area contributed by atoms with Crippen molar-refractivity contribution in [3.63, 3.8) is 0 Å².